The number of hydrogen-bond donors (Lipinski definition) is 3. The van der Waals surface area contributed by atoms with E-state index >= 15 is 4.39 Å². The number of aryl methyl sites for hydroxylation is 1. The zero-order valence-electron chi connectivity index (χ0n) is 27.7. The average molecular weight is 680 g/mol. The fourth-order valence-corrected chi connectivity index (χ4v) is 6.57. The van der Waals surface area contributed by atoms with E-state index in [2.05, 4.69) is 37.4 Å². The molecule has 5 rings (SSSR count). The van der Waals surface area contributed by atoms with Gasteiger partial charge in [-0.15, -0.1) is 5.10 Å². The van der Waals surface area contributed by atoms with Gasteiger partial charge in [0, 0.05) is 31.7 Å². The van der Waals surface area contributed by atoms with Gasteiger partial charge in [0.15, 0.2) is 5.76 Å². The van der Waals surface area contributed by atoms with Crippen LogP contribution in [0.1, 0.15) is 77.8 Å². The van der Waals surface area contributed by atoms with E-state index in [1.54, 1.807) is 24.0 Å². The van der Waals surface area contributed by atoms with Gasteiger partial charge in [-0.1, -0.05) is 37.2 Å². The lowest BCUT2D eigenvalue weighted by Gasteiger charge is -2.33. The largest absolute Gasteiger partial charge is 0.459 e. The smallest absolute Gasteiger partial charge is 0.287 e. The molecule has 3 aromatic rings. The van der Waals surface area contributed by atoms with E-state index in [1.807, 2.05) is 14.0 Å². The van der Waals surface area contributed by atoms with Gasteiger partial charge in [0.25, 0.3) is 17.7 Å². The van der Waals surface area contributed by atoms with Gasteiger partial charge in [-0.05, 0) is 85.9 Å². The van der Waals surface area contributed by atoms with Crippen molar-refractivity contribution in [3.05, 3.63) is 70.0 Å². The number of benzene rings is 1. The number of piperazine rings is 1. The van der Waals surface area contributed by atoms with Crippen LogP contribution in [0.3, 0.4) is 0 Å². The van der Waals surface area contributed by atoms with Crippen LogP contribution in [0.2, 0.25) is 0 Å². The molecule has 1 aromatic carbocycles. The highest BCUT2D eigenvalue weighted by atomic mass is 32.1. The monoisotopic (exact) mass is 679 g/mol. The van der Waals surface area contributed by atoms with Crippen molar-refractivity contribution in [2.75, 3.05) is 38.5 Å². The third kappa shape index (κ3) is 8.16. The van der Waals surface area contributed by atoms with Crippen LogP contribution in [0.15, 0.2) is 46.8 Å². The standard InChI is InChI=1S/C34H42FN7O5S/c1-5-22-12-17-47-30(22)33(45)39-29(23-8-6-20(2)7-9-23)32(44)37-26-11-10-24(18-25(26)35)21(3)28(38-31(43)27-19-36-40-48-27)34(46)42-15-13-41(4)14-16-42/h10-12,17-20,23,29H,5-9,13-16H2,1-4H3,(H,37,44)(H,38,43)(H,39,45)/b28-21+/t20-,23-,29-/m0/s1. The number of amides is 4. The van der Waals surface area contributed by atoms with Crippen molar-refractivity contribution in [2.24, 2.45) is 11.8 Å². The Labute approximate surface area is 283 Å². The molecule has 12 nitrogen and oxygen atoms in total. The van der Waals surface area contributed by atoms with Crippen molar-refractivity contribution in [2.45, 2.75) is 58.9 Å². The number of carbonyl (C=O) groups is 4. The van der Waals surface area contributed by atoms with Gasteiger partial charge in [0.2, 0.25) is 5.91 Å². The van der Waals surface area contributed by atoms with Crippen LogP contribution in [-0.4, -0.2) is 82.3 Å². The minimum absolute atomic E-state index is 0.0211. The zero-order valence-corrected chi connectivity index (χ0v) is 28.5. The van der Waals surface area contributed by atoms with E-state index < -0.39 is 29.6 Å². The Balaban J connectivity index is 1.38. The first kappa shape index (κ1) is 34.9. The number of anilines is 1. The Kier molecular flexibility index (Phi) is 11.4. The number of allylic oxidation sites excluding steroid dienone is 1. The Morgan fingerprint density at radius 2 is 1.79 bits per heavy atom. The number of rotatable bonds is 10. The second-order valence-electron chi connectivity index (χ2n) is 12.6. The molecule has 2 fully saturated rings. The molecule has 1 aliphatic heterocycles. The first-order valence-electron chi connectivity index (χ1n) is 16.3. The van der Waals surface area contributed by atoms with Crippen molar-refractivity contribution < 1.29 is 28.0 Å². The molecule has 0 unspecified atom stereocenters. The second kappa shape index (κ2) is 15.6. The predicted molar refractivity (Wildman–Crippen MR) is 180 cm³/mol. The highest BCUT2D eigenvalue weighted by Gasteiger charge is 2.34. The number of nitrogens with zero attached hydrogens (tertiary/aromatic N) is 4. The van der Waals surface area contributed by atoms with Crippen LogP contribution in [0.25, 0.3) is 5.57 Å². The van der Waals surface area contributed by atoms with Crippen molar-refractivity contribution in [3.8, 4) is 0 Å². The summed E-state index contributed by atoms with van der Waals surface area (Å²) in [5.41, 5.74) is 1.39. The summed E-state index contributed by atoms with van der Waals surface area (Å²) in [6.07, 6.45) is 6.69. The first-order chi connectivity index (χ1) is 23.0. The number of halogens is 1. The van der Waals surface area contributed by atoms with E-state index in [1.165, 1.54) is 24.6 Å². The van der Waals surface area contributed by atoms with Crippen molar-refractivity contribution in [1.29, 1.82) is 0 Å². The van der Waals surface area contributed by atoms with Crippen molar-refractivity contribution >= 4 is 46.4 Å². The van der Waals surface area contributed by atoms with Crippen LogP contribution in [0.5, 0.6) is 0 Å². The Hall–Kier alpha value is -4.43. The van der Waals surface area contributed by atoms with Gasteiger partial charge in [-0.3, -0.25) is 19.2 Å². The van der Waals surface area contributed by atoms with E-state index in [-0.39, 0.29) is 33.8 Å². The van der Waals surface area contributed by atoms with Gasteiger partial charge in [-0.2, -0.15) is 0 Å². The molecule has 256 valence electrons. The fraction of sp³-hybridized carbons (Fsp3) is 0.471. The Bertz CT molecular complexity index is 1660. The summed E-state index contributed by atoms with van der Waals surface area (Å²) in [5, 5.41) is 12.0. The summed E-state index contributed by atoms with van der Waals surface area (Å²) in [7, 11) is 1.97. The topological polar surface area (TPSA) is 150 Å². The first-order valence-corrected chi connectivity index (χ1v) is 17.1. The number of furan rings is 1. The molecule has 2 aliphatic rings. The lowest BCUT2D eigenvalue weighted by atomic mass is 9.79. The van der Waals surface area contributed by atoms with Crippen LogP contribution >= 0.6 is 11.5 Å². The normalized spacial score (nSPS) is 19.6. The quantitative estimate of drug-likeness (QED) is 0.268. The lowest BCUT2D eigenvalue weighted by molar-refractivity contribution is -0.129. The van der Waals surface area contributed by atoms with E-state index in [0.717, 1.165) is 42.8 Å². The molecule has 1 saturated heterocycles. The summed E-state index contributed by atoms with van der Waals surface area (Å²) in [5.74, 6) is -2.11. The molecule has 14 heteroatoms. The van der Waals surface area contributed by atoms with Gasteiger partial charge in [0.05, 0.1) is 18.1 Å². The molecule has 0 radical (unpaired) electrons. The molecular formula is C34H42FN7O5S. The third-order valence-corrected chi connectivity index (χ3v) is 9.96. The Morgan fingerprint density at radius 3 is 2.44 bits per heavy atom. The van der Waals surface area contributed by atoms with Crippen molar-refractivity contribution in [3.63, 3.8) is 0 Å². The molecule has 48 heavy (non-hydrogen) atoms. The zero-order chi connectivity index (χ0) is 34.4. The summed E-state index contributed by atoms with van der Waals surface area (Å²) < 4.78 is 24.9. The SMILES string of the molecule is CCc1ccoc1C(=O)N[C@H](C(=O)Nc1ccc(/C(C)=C(/NC(=O)c2cnns2)C(=O)N2CCN(C)CC2)cc1F)[C@H]1CC[C@H](C)CC1. The molecule has 0 bridgehead atoms. The van der Waals surface area contributed by atoms with E-state index in [4.69, 9.17) is 4.42 Å². The summed E-state index contributed by atoms with van der Waals surface area (Å²) in [4.78, 5) is 57.6. The lowest BCUT2D eigenvalue weighted by Crippen LogP contribution is -2.49. The number of nitrogens with one attached hydrogen (secondary N) is 3. The van der Waals surface area contributed by atoms with Crippen LogP contribution < -0.4 is 16.0 Å². The highest BCUT2D eigenvalue weighted by Crippen LogP contribution is 2.32. The Morgan fingerprint density at radius 1 is 1.06 bits per heavy atom. The maximum Gasteiger partial charge on any atom is 0.287 e. The minimum atomic E-state index is -0.898. The summed E-state index contributed by atoms with van der Waals surface area (Å²) in [6.45, 7) is 8.01. The average Bonchev–Trinajstić information content (AvgIpc) is 3.80. The fourth-order valence-electron chi connectivity index (χ4n) is 6.16. The third-order valence-electron chi connectivity index (χ3n) is 9.30. The van der Waals surface area contributed by atoms with Crippen LogP contribution in [0.4, 0.5) is 10.1 Å². The predicted octanol–water partition coefficient (Wildman–Crippen LogP) is 4.33. The molecule has 2 aromatic heterocycles. The molecule has 4 amide bonds. The van der Waals surface area contributed by atoms with E-state index in [9.17, 15) is 19.2 Å². The molecule has 1 atom stereocenters. The number of hydrogen-bond acceptors (Lipinski definition) is 9. The minimum Gasteiger partial charge on any atom is -0.459 e. The molecule has 3 heterocycles. The van der Waals surface area contributed by atoms with Gasteiger partial charge >= 0.3 is 0 Å². The summed E-state index contributed by atoms with van der Waals surface area (Å²) in [6, 6.07) is 5.05. The van der Waals surface area contributed by atoms with Gasteiger partial charge < -0.3 is 30.2 Å². The van der Waals surface area contributed by atoms with Crippen LogP contribution in [-0.2, 0) is 16.0 Å². The second-order valence-corrected chi connectivity index (χ2v) is 13.4. The number of aromatic nitrogens is 2. The number of carbonyl (C=O) groups excluding carboxylic acids is 4. The van der Waals surface area contributed by atoms with E-state index in [0.29, 0.717) is 49.7 Å². The van der Waals surface area contributed by atoms with Crippen molar-refractivity contribution in [1.82, 2.24) is 30.0 Å². The highest BCUT2D eigenvalue weighted by molar-refractivity contribution is 7.07. The van der Waals surface area contributed by atoms with Gasteiger partial charge in [-0.25, -0.2) is 4.39 Å². The molecular weight excluding hydrogens is 637 g/mol. The van der Waals surface area contributed by atoms with Gasteiger partial charge in [0.1, 0.15) is 22.4 Å². The maximum atomic E-state index is 15.7. The molecule has 1 saturated carbocycles. The summed E-state index contributed by atoms with van der Waals surface area (Å²) >= 11 is 0.896. The number of likely N-dealkylation sites (N-methyl/N-ethyl adjacent to an activating group) is 1. The molecule has 0 spiro atoms. The van der Waals surface area contributed by atoms with Crippen LogP contribution in [0, 0.1) is 17.7 Å². The molecule has 3 N–H and O–H groups in total. The molecule has 1 aliphatic carbocycles. The maximum absolute atomic E-state index is 15.7.